The molecule has 0 bridgehead atoms. The summed E-state index contributed by atoms with van der Waals surface area (Å²) in [5, 5.41) is 0. The number of hydrogen-bond donors (Lipinski definition) is 0. The highest BCUT2D eigenvalue weighted by atomic mass is 16.6. The van der Waals surface area contributed by atoms with Crippen molar-refractivity contribution in [1.29, 1.82) is 0 Å². The van der Waals surface area contributed by atoms with Crippen LogP contribution in [0.4, 0.5) is 0 Å². The fourth-order valence-corrected chi connectivity index (χ4v) is 2.02. The molecule has 0 spiro atoms. The summed E-state index contributed by atoms with van der Waals surface area (Å²) in [6, 6.07) is 7.56. The van der Waals surface area contributed by atoms with Crippen molar-refractivity contribution in [1.82, 2.24) is 0 Å². The molecule has 3 rings (SSSR count). The largest absolute Gasteiger partial charge is 0.454 e. The number of allylic oxidation sites excluding steroid dienone is 2. The second-order valence-corrected chi connectivity index (χ2v) is 4.16. The molecule has 1 aromatic rings. The molecule has 1 heterocycles. The quantitative estimate of drug-likeness (QED) is 0.741. The molecule has 0 aromatic heterocycles. The lowest BCUT2D eigenvalue weighted by Gasteiger charge is -2.26. The summed E-state index contributed by atoms with van der Waals surface area (Å²) in [6.45, 7) is 1.58. The van der Waals surface area contributed by atoms with Gasteiger partial charge in [0.25, 0.3) is 0 Å². The first-order chi connectivity index (χ1) is 8.24. The van der Waals surface area contributed by atoms with Gasteiger partial charge < -0.3 is 9.47 Å². The van der Waals surface area contributed by atoms with Crippen LogP contribution in [0.5, 0.6) is 11.5 Å². The molecule has 3 nitrogen and oxygen atoms in total. The van der Waals surface area contributed by atoms with Gasteiger partial charge in [0.1, 0.15) is 11.5 Å². The van der Waals surface area contributed by atoms with Gasteiger partial charge in [-0.25, -0.2) is 0 Å². The van der Waals surface area contributed by atoms with E-state index in [0.717, 1.165) is 28.6 Å². The van der Waals surface area contributed by atoms with Crippen molar-refractivity contribution in [3.05, 3.63) is 47.4 Å². The zero-order valence-electron chi connectivity index (χ0n) is 9.53. The molecule has 0 saturated carbocycles. The van der Waals surface area contributed by atoms with Crippen molar-refractivity contribution in [3.63, 3.8) is 0 Å². The zero-order chi connectivity index (χ0) is 11.8. The van der Waals surface area contributed by atoms with Crippen LogP contribution in [0, 0.1) is 0 Å². The molecular weight excluding hydrogens is 216 g/mol. The molecule has 0 N–H and O–H groups in total. The van der Waals surface area contributed by atoms with E-state index in [0.29, 0.717) is 12.8 Å². The Morgan fingerprint density at radius 3 is 2.41 bits per heavy atom. The summed E-state index contributed by atoms with van der Waals surface area (Å²) < 4.78 is 11.5. The molecule has 0 radical (unpaired) electrons. The highest BCUT2D eigenvalue weighted by Gasteiger charge is 2.25. The van der Waals surface area contributed by atoms with Crippen LogP contribution < -0.4 is 9.47 Å². The van der Waals surface area contributed by atoms with Crippen molar-refractivity contribution >= 4 is 5.78 Å². The average Bonchev–Trinajstić information content (AvgIpc) is 2.35. The summed E-state index contributed by atoms with van der Waals surface area (Å²) in [7, 11) is 0. The first-order valence-corrected chi connectivity index (χ1v) is 5.61. The van der Waals surface area contributed by atoms with E-state index in [1.54, 1.807) is 6.92 Å². The van der Waals surface area contributed by atoms with Crippen LogP contribution in [0.25, 0.3) is 0 Å². The van der Waals surface area contributed by atoms with Gasteiger partial charge in [-0.15, -0.1) is 0 Å². The summed E-state index contributed by atoms with van der Waals surface area (Å²) in [4.78, 5) is 11.3. The van der Waals surface area contributed by atoms with Gasteiger partial charge in [-0.2, -0.15) is 0 Å². The number of para-hydroxylation sites is 2. The Balaban J connectivity index is 1.89. The third kappa shape index (κ3) is 1.73. The van der Waals surface area contributed by atoms with E-state index in [4.69, 9.17) is 9.47 Å². The Bertz CT molecular complexity index is 552. The number of benzene rings is 1. The van der Waals surface area contributed by atoms with Crippen molar-refractivity contribution in [2.45, 2.75) is 19.8 Å². The molecule has 86 valence electrons. The van der Waals surface area contributed by atoms with Gasteiger partial charge in [0.05, 0.1) is 0 Å². The van der Waals surface area contributed by atoms with Crippen LogP contribution in [0.2, 0.25) is 0 Å². The van der Waals surface area contributed by atoms with Gasteiger partial charge in [-0.1, -0.05) is 18.2 Å². The maximum Gasteiger partial charge on any atom is 0.169 e. The predicted molar refractivity (Wildman–Crippen MR) is 62.7 cm³/mol. The molecule has 0 fully saturated rings. The summed E-state index contributed by atoms with van der Waals surface area (Å²) in [5.41, 5.74) is 0.798. The van der Waals surface area contributed by atoms with E-state index in [1.165, 1.54) is 0 Å². The number of Topliss-reactive ketones (excluding diaryl/α,β-unsaturated/α-hetero) is 1. The van der Waals surface area contributed by atoms with Crippen LogP contribution >= 0.6 is 0 Å². The molecule has 1 aliphatic heterocycles. The third-order valence-electron chi connectivity index (χ3n) is 2.96. The molecular formula is C14H12O3. The lowest BCUT2D eigenvalue weighted by Crippen LogP contribution is -2.17. The summed E-state index contributed by atoms with van der Waals surface area (Å²) in [5.74, 6) is 3.13. The molecule has 1 aromatic carbocycles. The lowest BCUT2D eigenvalue weighted by molar-refractivity contribution is -0.113. The van der Waals surface area contributed by atoms with Crippen molar-refractivity contribution in [3.8, 4) is 11.5 Å². The molecule has 3 heteroatoms. The third-order valence-corrected chi connectivity index (χ3v) is 2.96. The Labute approximate surface area is 99.3 Å². The summed E-state index contributed by atoms with van der Waals surface area (Å²) >= 11 is 0. The molecule has 0 atom stereocenters. The minimum atomic E-state index is 0.0963. The minimum absolute atomic E-state index is 0.0963. The number of rotatable bonds is 1. The number of hydrogen-bond acceptors (Lipinski definition) is 3. The minimum Gasteiger partial charge on any atom is -0.454 e. The van der Waals surface area contributed by atoms with E-state index in [2.05, 4.69) is 0 Å². The maximum absolute atomic E-state index is 11.3. The van der Waals surface area contributed by atoms with Crippen molar-refractivity contribution in [2.75, 3.05) is 0 Å². The molecule has 1 aliphatic carbocycles. The molecule has 2 aliphatic rings. The van der Waals surface area contributed by atoms with Gasteiger partial charge in [0.2, 0.25) is 0 Å². The van der Waals surface area contributed by atoms with Crippen molar-refractivity contribution in [2.24, 2.45) is 0 Å². The Kier molecular flexibility index (Phi) is 2.25. The fourth-order valence-electron chi connectivity index (χ4n) is 2.02. The van der Waals surface area contributed by atoms with Crippen molar-refractivity contribution < 1.29 is 14.3 Å². The topological polar surface area (TPSA) is 35.5 Å². The van der Waals surface area contributed by atoms with Crippen LogP contribution in [0.1, 0.15) is 19.8 Å². The molecule has 0 saturated heterocycles. The molecule has 0 amide bonds. The van der Waals surface area contributed by atoms with E-state index >= 15 is 0 Å². The predicted octanol–water partition coefficient (Wildman–Crippen LogP) is 2.98. The average molecular weight is 228 g/mol. The second kappa shape index (κ2) is 3.77. The van der Waals surface area contributed by atoms with Gasteiger partial charge in [-0.3, -0.25) is 4.79 Å². The number of ether oxygens (including phenoxy) is 2. The highest BCUT2D eigenvalue weighted by molar-refractivity contribution is 5.93. The Hall–Kier alpha value is -2.03. The monoisotopic (exact) mass is 228 g/mol. The van der Waals surface area contributed by atoms with Gasteiger partial charge in [0.15, 0.2) is 17.3 Å². The van der Waals surface area contributed by atoms with Crippen LogP contribution in [-0.2, 0) is 4.79 Å². The summed E-state index contributed by atoms with van der Waals surface area (Å²) in [6.07, 6.45) is 3.07. The highest BCUT2D eigenvalue weighted by Crippen LogP contribution is 2.39. The number of carbonyl (C=O) groups excluding carboxylic acids is 1. The van der Waals surface area contributed by atoms with E-state index < -0.39 is 0 Å². The smallest absolute Gasteiger partial charge is 0.169 e. The first kappa shape index (κ1) is 10.1. The van der Waals surface area contributed by atoms with E-state index in [9.17, 15) is 4.79 Å². The zero-order valence-corrected chi connectivity index (χ0v) is 9.53. The van der Waals surface area contributed by atoms with Gasteiger partial charge in [-0.05, 0) is 24.6 Å². The second-order valence-electron chi connectivity index (χ2n) is 4.16. The van der Waals surface area contributed by atoms with Crippen LogP contribution in [0.15, 0.2) is 47.4 Å². The number of fused-ring (bicyclic) bond motifs is 1. The van der Waals surface area contributed by atoms with E-state index in [-0.39, 0.29) is 5.78 Å². The van der Waals surface area contributed by atoms with Crippen LogP contribution in [-0.4, -0.2) is 5.78 Å². The number of ketones is 1. The maximum atomic E-state index is 11.3. The molecule has 0 unspecified atom stereocenters. The lowest BCUT2D eigenvalue weighted by atomic mass is 9.99. The first-order valence-electron chi connectivity index (χ1n) is 5.61. The Morgan fingerprint density at radius 1 is 1.12 bits per heavy atom. The van der Waals surface area contributed by atoms with Gasteiger partial charge in [0, 0.05) is 12.8 Å². The SMILES string of the molecule is CC(=O)C1=CCC2=C(C1)Oc1ccccc1O2. The number of carbonyl (C=O) groups is 1. The normalized spacial score (nSPS) is 17.4. The van der Waals surface area contributed by atoms with Crippen LogP contribution in [0.3, 0.4) is 0 Å². The van der Waals surface area contributed by atoms with E-state index in [1.807, 2.05) is 30.3 Å². The Morgan fingerprint density at radius 2 is 1.76 bits per heavy atom. The van der Waals surface area contributed by atoms with Gasteiger partial charge >= 0.3 is 0 Å². The fraction of sp³-hybridized carbons (Fsp3) is 0.214. The molecule has 17 heavy (non-hydrogen) atoms. The standard InChI is InChI=1S/C14H12O3/c1-9(15)10-6-7-13-14(8-10)17-12-5-3-2-4-11(12)16-13/h2-6H,7-8H2,1H3.